The van der Waals surface area contributed by atoms with Gasteiger partial charge in [0.2, 0.25) is 0 Å². The lowest BCUT2D eigenvalue weighted by Gasteiger charge is -2.06. The molecule has 1 aromatic carbocycles. The number of rotatable bonds is 3. The second-order valence-electron chi connectivity index (χ2n) is 4.04. The summed E-state index contributed by atoms with van der Waals surface area (Å²) >= 11 is 0. The van der Waals surface area contributed by atoms with Gasteiger partial charge in [-0.05, 0) is 24.1 Å². The van der Waals surface area contributed by atoms with Gasteiger partial charge < -0.3 is 5.73 Å². The van der Waals surface area contributed by atoms with Crippen molar-refractivity contribution in [1.82, 2.24) is 4.98 Å². The van der Waals surface area contributed by atoms with Gasteiger partial charge in [0.05, 0.1) is 11.0 Å². The highest BCUT2D eigenvalue weighted by Crippen LogP contribution is 2.28. The van der Waals surface area contributed by atoms with Crippen molar-refractivity contribution < 1.29 is 9.31 Å². The van der Waals surface area contributed by atoms with Gasteiger partial charge in [-0.1, -0.05) is 13.3 Å². The molecule has 0 aliphatic rings. The molecular formula is C12H12FN3O2. The molecule has 0 saturated heterocycles. The van der Waals surface area contributed by atoms with E-state index in [9.17, 15) is 14.5 Å². The SMILES string of the molecule is CCCc1cc2cc(F)cc([N+](=O)[O-])c2nc1N. The molecule has 2 aromatic rings. The van der Waals surface area contributed by atoms with Gasteiger partial charge in [0.15, 0.2) is 5.52 Å². The molecule has 5 nitrogen and oxygen atoms in total. The van der Waals surface area contributed by atoms with Gasteiger partial charge in [-0.15, -0.1) is 0 Å². The highest BCUT2D eigenvalue weighted by atomic mass is 19.1. The van der Waals surface area contributed by atoms with E-state index in [1.807, 2.05) is 6.92 Å². The van der Waals surface area contributed by atoms with Gasteiger partial charge in [0, 0.05) is 5.39 Å². The zero-order chi connectivity index (χ0) is 13.3. The minimum Gasteiger partial charge on any atom is -0.383 e. The average molecular weight is 249 g/mol. The molecule has 0 spiro atoms. The number of pyridine rings is 1. The third-order valence-corrected chi connectivity index (χ3v) is 2.69. The van der Waals surface area contributed by atoms with Gasteiger partial charge in [0.25, 0.3) is 5.69 Å². The molecule has 0 bridgehead atoms. The summed E-state index contributed by atoms with van der Waals surface area (Å²) in [5.41, 5.74) is 6.30. The molecule has 0 atom stereocenters. The first-order valence-electron chi connectivity index (χ1n) is 5.56. The molecule has 0 unspecified atom stereocenters. The van der Waals surface area contributed by atoms with Crippen LogP contribution in [0, 0.1) is 15.9 Å². The second-order valence-corrected chi connectivity index (χ2v) is 4.04. The number of hydrogen-bond donors (Lipinski definition) is 1. The van der Waals surface area contributed by atoms with Crippen molar-refractivity contribution in [3.05, 3.63) is 39.7 Å². The van der Waals surface area contributed by atoms with Crippen LogP contribution in [0.4, 0.5) is 15.9 Å². The first kappa shape index (κ1) is 12.2. The molecule has 0 aliphatic heterocycles. The molecule has 0 saturated carbocycles. The predicted octanol–water partition coefficient (Wildman–Crippen LogP) is 2.82. The third kappa shape index (κ3) is 2.09. The van der Waals surface area contributed by atoms with Crippen LogP contribution in [0.1, 0.15) is 18.9 Å². The minimum absolute atomic E-state index is 0.124. The van der Waals surface area contributed by atoms with Crippen molar-refractivity contribution in [2.45, 2.75) is 19.8 Å². The smallest absolute Gasteiger partial charge is 0.298 e. The number of benzene rings is 1. The lowest BCUT2D eigenvalue weighted by atomic mass is 10.1. The number of anilines is 1. The van der Waals surface area contributed by atoms with Crippen LogP contribution in [0.2, 0.25) is 0 Å². The second kappa shape index (κ2) is 4.56. The number of aromatic nitrogens is 1. The quantitative estimate of drug-likeness (QED) is 0.669. The summed E-state index contributed by atoms with van der Waals surface area (Å²) in [7, 11) is 0. The fourth-order valence-corrected chi connectivity index (χ4v) is 1.90. The Hall–Kier alpha value is -2.24. The molecule has 2 rings (SSSR count). The zero-order valence-corrected chi connectivity index (χ0v) is 9.81. The zero-order valence-electron chi connectivity index (χ0n) is 9.81. The van der Waals surface area contributed by atoms with Crippen LogP contribution in [0.25, 0.3) is 10.9 Å². The van der Waals surface area contributed by atoms with E-state index in [1.165, 1.54) is 6.07 Å². The Balaban J connectivity index is 2.75. The van der Waals surface area contributed by atoms with E-state index in [1.54, 1.807) is 6.07 Å². The third-order valence-electron chi connectivity index (χ3n) is 2.69. The minimum atomic E-state index is -0.655. The van der Waals surface area contributed by atoms with Crippen LogP contribution in [0.3, 0.4) is 0 Å². The van der Waals surface area contributed by atoms with Crippen molar-refractivity contribution in [2.24, 2.45) is 0 Å². The fraction of sp³-hybridized carbons (Fsp3) is 0.250. The highest BCUT2D eigenvalue weighted by Gasteiger charge is 2.17. The lowest BCUT2D eigenvalue weighted by Crippen LogP contribution is -2.01. The Morgan fingerprint density at radius 1 is 1.44 bits per heavy atom. The van der Waals surface area contributed by atoms with Crippen molar-refractivity contribution in [1.29, 1.82) is 0 Å². The summed E-state index contributed by atoms with van der Waals surface area (Å²) in [5, 5.41) is 11.2. The van der Waals surface area contributed by atoms with Crippen LogP contribution in [0.5, 0.6) is 0 Å². The molecule has 1 aromatic heterocycles. The first-order chi connectivity index (χ1) is 8.52. The van der Waals surface area contributed by atoms with Crippen LogP contribution >= 0.6 is 0 Å². The summed E-state index contributed by atoms with van der Waals surface area (Å²) in [5.74, 6) is -0.387. The average Bonchev–Trinajstić information content (AvgIpc) is 2.30. The van der Waals surface area contributed by atoms with Gasteiger partial charge in [0.1, 0.15) is 11.6 Å². The number of halogens is 1. The summed E-state index contributed by atoms with van der Waals surface area (Å²) in [6, 6.07) is 3.75. The maximum absolute atomic E-state index is 13.3. The molecule has 6 heteroatoms. The number of nitro groups is 1. The molecular weight excluding hydrogens is 237 g/mol. The number of nitrogens with zero attached hydrogens (tertiary/aromatic N) is 2. The summed E-state index contributed by atoms with van der Waals surface area (Å²) in [4.78, 5) is 14.2. The first-order valence-corrected chi connectivity index (χ1v) is 5.56. The van der Waals surface area contributed by atoms with Crippen LogP contribution in [0.15, 0.2) is 18.2 Å². The number of hydrogen-bond acceptors (Lipinski definition) is 4. The molecule has 94 valence electrons. The monoisotopic (exact) mass is 249 g/mol. The maximum Gasteiger partial charge on any atom is 0.298 e. The molecule has 18 heavy (non-hydrogen) atoms. The number of nitrogens with two attached hydrogens (primary N) is 1. The van der Waals surface area contributed by atoms with E-state index in [-0.39, 0.29) is 17.0 Å². The molecule has 2 N–H and O–H groups in total. The summed E-state index contributed by atoms with van der Waals surface area (Å²) in [6.07, 6.45) is 1.58. The topological polar surface area (TPSA) is 82.0 Å². The van der Waals surface area contributed by atoms with Crippen LogP contribution in [-0.4, -0.2) is 9.91 Å². The Labute approximate surface area is 103 Å². The van der Waals surface area contributed by atoms with Crippen molar-refractivity contribution in [3.8, 4) is 0 Å². The molecule has 0 aliphatic carbocycles. The van der Waals surface area contributed by atoms with Gasteiger partial charge in [-0.3, -0.25) is 10.1 Å². The van der Waals surface area contributed by atoms with Gasteiger partial charge >= 0.3 is 0 Å². The number of fused-ring (bicyclic) bond motifs is 1. The van der Waals surface area contributed by atoms with Crippen molar-refractivity contribution in [2.75, 3.05) is 5.73 Å². The predicted molar refractivity (Wildman–Crippen MR) is 66.8 cm³/mol. The van der Waals surface area contributed by atoms with E-state index in [4.69, 9.17) is 5.73 Å². The Kier molecular flexibility index (Phi) is 3.10. The van der Waals surface area contributed by atoms with E-state index in [0.29, 0.717) is 11.8 Å². The van der Waals surface area contributed by atoms with Crippen molar-refractivity contribution in [3.63, 3.8) is 0 Å². The Bertz CT molecular complexity index is 628. The van der Waals surface area contributed by atoms with Gasteiger partial charge in [-0.2, -0.15) is 0 Å². The number of nitrogen functional groups attached to an aromatic ring is 1. The number of nitro benzene ring substituents is 1. The normalized spacial score (nSPS) is 10.8. The maximum atomic E-state index is 13.3. The molecule has 0 amide bonds. The van der Waals surface area contributed by atoms with E-state index in [0.717, 1.165) is 18.1 Å². The van der Waals surface area contributed by atoms with E-state index in [2.05, 4.69) is 4.98 Å². The lowest BCUT2D eigenvalue weighted by molar-refractivity contribution is -0.383. The van der Waals surface area contributed by atoms with Crippen LogP contribution < -0.4 is 5.73 Å². The fourth-order valence-electron chi connectivity index (χ4n) is 1.90. The molecule has 0 radical (unpaired) electrons. The Morgan fingerprint density at radius 3 is 2.78 bits per heavy atom. The largest absolute Gasteiger partial charge is 0.383 e. The molecule has 1 heterocycles. The highest BCUT2D eigenvalue weighted by molar-refractivity contribution is 5.89. The van der Waals surface area contributed by atoms with E-state index < -0.39 is 10.7 Å². The summed E-state index contributed by atoms with van der Waals surface area (Å²) < 4.78 is 13.3. The van der Waals surface area contributed by atoms with Crippen molar-refractivity contribution >= 4 is 22.4 Å². The van der Waals surface area contributed by atoms with Crippen LogP contribution in [-0.2, 0) is 6.42 Å². The van der Waals surface area contributed by atoms with Gasteiger partial charge in [-0.25, -0.2) is 9.37 Å². The molecule has 0 fully saturated rings. The number of non-ortho nitro benzene ring substituents is 1. The summed E-state index contributed by atoms with van der Waals surface area (Å²) in [6.45, 7) is 1.98. The van der Waals surface area contributed by atoms with E-state index >= 15 is 0 Å². The standard InChI is InChI=1S/C12H12FN3O2/c1-2-3-7-4-8-5-9(13)6-10(16(17)18)11(8)15-12(7)14/h4-6H,2-3H2,1H3,(H2,14,15). The number of aryl methyl sites for hydroxylation is 1. The Morgan fingerprint density at radius 2 is 2.17 bits per heavy atom.